The van der Waals surface area contributed by atoms with Gasteiger partial charge in [0.15, 0.2) is 0 Å². The third-order valence-electron chi connectivity index (χ3n) is 4.57. The van der Waals surface area contributed by atoms with Crippen LogP contribution in [0.2, 0.25) is 0 Å². The lowest BCUT2D eigenvalue weighted by Crippen LogP contribution is -2.36. The lowest BCUT2D eigenvalue weighted by molar-refractivity contribution is 0.328. The maximum absolute atomic E-state index is 11.4. The zero-order valence-corrected chi connectivity index (χ0v) is 15.1. The second-order valence-corrected chi connectivity index (χ2v) is 6.45. The van der Waals surface area contributed by atoms with Gasteiger partial charge in [-0.1, -0.05) is 18.2 Å². The first-order valence-electron chi connectivity index (χ1n) is 9.03. The summed E-state index contributed by atoms with van der Waals surface area (Å²) in [6.07, 6.45) is 6.36. The third kappa shape index (κ3) is 4.32. The summed E-state index contributed by atoms with van der Waals surface area (Å²) < 4.78 is 5.76. The number of hydrogen-bond donors (Lipinski definition) is 2. The molecule has 1 heterocycles. The lowest BCUT2D eigenvalue weighted by Gasteiger charge is -2.15. The summed E-state index contributed by atoms with van der Waals surface area (Å²) >= 11 is 0. The van der Waals surface area contributed by atoms with Gasteiger partial charge in [0.05, 0.1) is 0 Å². The molecule has 2 N–H and O–H groups in total. The highest BCUT2D eigenvalue weighted by atomic mass is 16.5. The van der Waals surface area contributed by atoms with E-state index in [1.54, 1.807) is 7.05 Å². The van der Waals surface area contributed by atoms with Crippen molar-refractivity contribution in [2.45, 2.75) is 19.4 Å². The molecule has 0 saturated carbocycles. The maximum atomic E-state index is 11.4. The molecule has 2 aromatic carbocycles. The fraction of sp³-hybridized carbons (Fsp3) is 0.400. The van der Waals surface area contributed by atoms with E-state index >= 15 is 0 Å². The molecule has 6 nitrogen and oxygen atoms in total. The van der Waals surface area contributed by atoms with Gasteiger partial charge in [-0.15, -0.1) is 0 Å². The highest BCUT2D eigenvalue weighted by Crippen LogP contribution is 2.17. The van der Waals surface area contributed by atoms with Gasteiger partial charge < -0.3 is 15.4 Å². The van der Waals surface area contributed by atoms with Gasteiger partial charge in [-0.05, 0) is 49.7 Å². The van der Waals surface area contributed by atoms with Crippen LogP contribution in [0.3, 0.4) is 0 Å². The number of hydrogen-bond acceptors (Lipinski definition) is 6. The van der Waals surface area contributed by atoms with Crippen LogP contribution in [0.5, 0.6) is 5.75 Å². The predicted molar refractivity (Wildman–Crippen MR) is 105 cm³/mol. The summed E-state index contributed by atoms with van der Waals surface area (Å²) in [5, 5.41) is 5.68. The predicted octanol–water partition coefficient (Wildman–Crippen LogP) is 1.97. The van der Waals surface area contributed by atoms with Crippen molar-refractivity contribution in [2.75, 3.05) is 43.9 Å². The fourth-order valence-corrected chi connectivity index (χ4v) is 3.19. The van der Waals surface area contributed by atoms with E-state index in [2.05, 4.69) is 27.7 Å². The van der Waals surface area contributed by atoms with Crippen LogP contribution in [0.1, 0.15) is 18.4 Å². The zero-order chi connectivity index (χ0) is 18.4. The molecule has 0 spiro atoms. The second kappa shape index (κ2) is 8.67. The average molecular weight is 355 g/mol. The Morgan fingerprint density at radius 3 is 2.65 bits per heavy atom. The third-order valence-corrected chi connectivity index (χ3v) is 4.57. The Morgan fingerprint density at radius 1 is 1.12 bits per heavy atom. The summed E-state index contributed by atoms with van der Waals surface area (Å²) in [4.78, 5) is 25.2. The Morgan fingerprint density at radius 2 is 1.88 bits per heavy atom. The number of ether oxygens (including phenoxy) is 1. The molecule has 0 aliphatic carbocycles. The Hall–Kier alpha value is -2.60. The normalized spacial score (nSPS) is 15.0. The first-order chi connectivity index (χ1) is 12.7. The average Bonchev–Trinajstić information content (AvgIpc) is 3.16. The van der Waals surface area contributed by atoms with Crippen LogP contribution in [0.4, 0.5) is 11.4 Å². The number of nitrogens with zero attached hydrogens (tertiary/aromatic N) is 1. The van der Waals surface area contributed by atoms with Crippen LogP contribution < -0.4 is 26.2 Å². The zero-order valence-electron chi connectivity index (χ0n) is 15.1. The molecule has 6 heteroatoms. The first kappa shape index (κ1) is 18.2. The van der Waals surface area contributed by atoms with Gasteiger partial charge in [-0.3, -0.25) is 14.5 Å². The van der Waals surface area contributed by atoms with E-state index in [1.165, 1.54) is 31.5 Å². The van der Waals surface area contributed by atoms with Gasteiger partial charge in [0.2, 0.25) is 0 Å². The molecule has 0 amide bonds. The summed E-state index contributed by atoms with van der Waals surface area (Å²) in [6, 6.07) is 8.21. The molecule has 1 fully saturated rings. The van der Waals surface area contributed by atoms with Crippen molar-refractivity contribution in [3.63, 3.8) is 0 Å². The number of likely N-dealkylation sites (tertiary alicyclic amines) is 1. The van der Waals surface area contributed by atoms with Crippen LogP contribution in [-0.2, 0) is 6.54 Å². The van der Waals surface area contributed by atoms with E-state index in [0.717, 1.165) is 12.3 Å². The standard InChI is InChI=1S/C20H25N3O3/c1-21-17-18(20(25)19(17)24)22-9-2-5-12-26-16-8-6-7-15(13-16)14-23-10-3-4-11-23/h2,5-8,13,21-22H,3-4,9-12,14H2,1H3. The monoisotopic (exact) mass is 355 g/mol. The van der Waals surface area contributed by atoms with Crippen molar-refractivity contribution in [3.05, 3.63) is 62.4 Å². The lowest BCUT2D eigenvalue weighted by atomic mass is 10.2. The van der Waals surface area contributed by atoms with Gasteiger partial charge in [0, 0.05) is 20.1 Å². The molecule has 1 aliphatic rings. The fourth-order valence-electron chi connectivity index (χ4n) is 3.19. The molecule has 0 atom stereocenters. The van der Waals surface area contributed by atoms with Crippen LogP contribution in [0.15, 0.2) is 46.0 Å². The van der Waals surface area contributed by atoms with Crippen molar-refractivity contribution in [1.29, 1.82) is 0 Å². The molecule has 3 rings (SSSR count). The SMILES string of the molecule is CNc1c(NCC=CCOc2cccc(CN3CCCC3)c2)c(=O)c1=O. The van der Waals surface area contributed by atoms with Crippen molar-refractivity contribution in [3.8, 4) is 5.75 Å². The number of anilines is 2. The summed E-state index contributed by atoms with van der Waals surface area (Å²) in [5.41, 5.74) is 1.06. The Kier molecular flexibility index (Phi) is 6.07. The number of rotatable bonds is 9. The summed E-state index contributed by atoms with van der Waals surface area (Å²) in [7, 11) is 1.63. The van der Waals surface area contributed by atoms with E-state index in [9.17, 15) is 9.59 Å². The molecule has 1 aliphatic heterocycles. The molecular formula is C20H25N3O3. The molecule has 0 bridgehead atoms. The molecule has 26 heavy (non-hydrogen) atoms. The largest absolute Gasteiger partial charge is 0.490 e. The Bertz CT molecular complexity index is 831. The van der Waals surface area contributed by atoms with Crippen molar-refractivity contribution < 1.29 is 4.74 Å². The van der Waals surface area contributed by atoms with Gasteiger partial charge in [0.1, 0.15) is 23.7 Å². The van der Waals surface area contributed by atoms with E-state index in [4.69, 9.17) is 4.74 Å². The second-order valence-electron chi connectivity index (χ2n) is 6.45. The first-order valence-corrected chi connectivity index (χ1v) is 9.03. The van der Waals surface area contributed by atoms with Crippen LogP contribution in [0, 0.1) is 0 Å². The summed E-state index contributed by atoms with van der Waals surface area (Å²) in [5.74, 6) is 0.860. The van der Waals surface area contributed by atoms with Crippen molar-refractivity contribution >= 4 is 11.4 Å². The van der Waals surface area contributed by atoms with Crippen LogP contribution >= 0.6 is 0 Å². The molecule has 0 unspecified atom stereocenters. The Balaban J connectivity index is 1.41. The van der Waals surface area contributed by atoms with Crippen molar-refractivity contribution in [2.24, 2.45) is 0 Å². The minimum absolute atomic E-state index is 0.356. The van der Waals surface area contributed by atoms with E-state index in [-0.39, 0.29) is 0 Å². The molecule has 2 aromatic rings. The Labute approximate surface area is 153 Å². The molecular weight excluding hydrogens is 330 g/mol. The van der Waals surface area contributed by atoms with Crippen LogP contribution in [0.25, 0.3) is 0 Å². The molecule has 1 saturated heterocycles. The number of nitrogens with one attached hydrogen (secondary N) is 2. The van der Waals surface area contributed by atoms with E-state index in [0.29, 0.717) is 24.5 Å². The highest BCUT2D eigenvalue weighted by molar-refractivity contribution is 5.73. The number of benzene rings is 1. The molecule has 0 aromatic heterocycles. The minimum atomic E-state index is -0.464. The van der Waals surface area contributed by atoms with Gasteiger partial charge in [-0.25, -0.2) is 0 Å². The van der Waals surface area contributed by atoms with Gasteiger partial charge in [0.25, 0.3) is 10.9 Å². The molecule has 0 radical (unpaired) electrons. The van der Waals surface area contributed by atoms with E-state index < -0.39 is 10.9 Å². The maximum Gasteiger partial charge on any atom is 0.253 e. The molecule has 138 valence electrons. The highest BCUT2D eigenvalue weighted by Gasteiger charge is 2.18. The van der Waals surface area contributed by atoms with Crippen LogP contribution in [-0.4, -0.2) is 38.2 Å². The van der Waals surface area contributed by atoms with Crippen molar-refractivity contribution in [1.82, 2.24) is 4.90 Å². The van der Waals surface area contributed by atoms with Gasteiger partial charge >= 0.3 is 0 Å². The van der Waals surface area contributed by atoms with E-state index in [1.807, 2.05) is 24.3 Å². The quantitative estimate of drug-likeness (QED) is 0.529. The minimum Gasteiger partial charge on any atom is -0.490 e. The van der Waals surface area contributed by atoms with Gasteiger partial charge in [-0.2, -0.15) is 0 Å². The summed E-state index contributed by atoms with van der Waals surface area (Å²) in [6.45, 7) is 4.27. The smallest absolute Gasteiger partial charge is 0.253 e. The topological polar surface area (TPSA) is 70.7 Å².